The van der Waals surface area contributed by atoms with E-state index in [9.17, 15) is 9.59 Å². The third-order valence-electron chi connectivity index (χ3n) is 0.925. The fourth-order valence-corrected chi connectivity index (χ4v) is 0.732. The SMILES string of the molecule is CSC(=O)C(C)C(=O)O. The quantitative estimate of drug-likeness (QED) is 0.582. The Balaban J connectivity index is 3.88. The van der Waals surface area contributed by atoms with Crippen molar-refractivity contribution in [2.45, 2.75) is 6.92 Å². The van der Waals surface area contributed by atoms with E-state index in [1.165, 1.54) is 6.92 Å². The minimum Gasteiger partial charge on any atom is -0.481 e. The number of carboxylic acid groups (broad SMARTS) is 1. The number of thioether (sulfide) groups is 1. The summed E-state index contributed by atoms with van der Waals surface area (Å²) in [5, 5.41) is 7.95. The van der Waals surface area contributed by atoms with Gasteiger partial charge in [-0.05, 0) is 13.2 Å². The predicted octanol–water partition coefficient (Wildman–Crippen LogP) is 0.597. The van der Waals surface area contributed by atoms with E-state index in [-0.39, 0.29) is 5.12 Å². The molecular weight excluding hydrogens is 140 g/mol. The zero-order chi connectivity index (χ0) is 7.44. The predicted molar refractivity (Wildman–Crippen MR) is 35.3 cm³/mol. The van der Waals surface area contributed by atoms with Gasteiger partial charge in [-0.1, -0.05) is 11.8 Å². The van der Waals surface area contributed by atoms with Gasteiger partial charge >= 0.3 is 5.97 Å². The summed E-state index contributed by atoms with van der Waals surface area (Å²) in [5.41, 5.74) is 0. The first-order valence-electron chi connectivity index (χ1n) is 2.40. The molecule has 0 fully saturated rings. The average Bonchev–Trinajstić information content (AvgIpc) is 1.84. The second-order valence-corrected chi connectivity index (χ2v) is 2.39. The monoisotopic (exact) mass is 148 g/mol. The van der Waals surface area contributed by atoms with Crippen molar-refractivity contribution < 1.29 is 14.7 Å². The van der Waals surface area contributed by atoms with E-state index < -0.39 is 11.9 Å². The Bertz CT molecular complexity index is 132. The van der Waals surface area contributed by atoms with Crippen LogP contribution in [0.5, 0.6) is 0 Å². The molecule has 0 bridgehead atoms. The first-order valence-corrected chi connectivity index (χ1v) is 3.62. The molecule has 9 heavy (non-hydrogen) atoms. The molecule has 0 spiro atoms. The summed E-state index contributed by atoms with van der Waals surface area (Å²) in [6.07, 6.45) is 1.57. The molecule has 0 aliphatic heterocycles. The van der Waals surface area contributed by atoms with E-state index >= 15 is 0 Å². The third kappa shape index (κ3) is 2.51. The molecule has 0 radical (unpaired) electrons. The van der Waals surface area contributed by atoms with Crippen LogP contribution in [0.25, 0.3) is 0 Å². The van der Waals surface area contributed by atoms with Crippen LogP contribution in [0.2, 0.25) is 0 Å². The molecule has 0 aromatic carbocycles. The van der Waals surface area contributed by atoms with Gasteiger partial charge in [-0.15, -0.1) is 0 Å². The van der Waals surface area contributed by atoms with Crippen LogP contribution >= 0.6 is 11.8 Å². The van der Waals surface area contributed by atoms with Crippen molar-refractivity contribution in [3.63, 3.8) is 0 Å². The summed E-state index contributed by atoms with van der Waals surface area (Å²) < 4.78 is 0. The number of hydrogen-bond donors (Lipinski definition) is 1. The zero-order valence-electron chi connectivity index (χ0n) is 5.25. The summed E-state index contributed by atoms with van der Waals surface area (Å²) >= 11 is 0.941. The molecule has 0 rings (SSSR count). The van der Waals surface area contributed by atoms with Crippen LogP contribution in [-0.2, 0) is 9.59 Å². The molecule has 52 valence electrons. The second kappa shape index (κ2) is 3.50. The lowest BCUT2D eigenvalue weighted by Crippen LogP contribution is -2.16. The number of carboxylic acids is 1. The molecule has 0 aliphatic rings. The fourth-order valence-electron chi connectivity index (χ4n) is 0.278. The van der Waals surface area contributed by atoms with Gasteiger partial charge in [-0.3, -0.25) is 9.59 Å². The number of rotatable bonds is 2. The summed E-state index contributed by atoms with van der Waals surface area (Å²) in [4.78, 5) is 20.6. The van der Waals surface area contributed by atoms with Crippen molar-refractivity contribution in [2.24, 2.45) is 5.92 Å². The zero-order valence-corrected chi connectivity index (χ0v) is 6.07. The van der Waals surface area contributed by atoms with Crippen molar-refractivity contribution >= 4 is 22.8 Å². The van der Waals surface area contributed by atoms with Crippen LogP contribution in [0.4, 0.5) is 0 Å². The summed E-state index contributed by atoms with van der Waals surface area (Å²) in [6, 6.07) is 0. The van der Waals surface area contributed by atoms with Crippen LogP contribution in [0.1, 0.15) is 6.92 Å². The van der Waals surface area contributed by atoms with Crippen LogP contribution in [0, 0.1) is 5.92 Å². The van der Waals surface area contributed by atoms with E-state index in [4.69, 9.17) is 5.11 Å². The van der Waals surface area contributed by atoms with Gasteiger partial charge in [0.2, 0.25) is 5.12 Å². The molecule has 0 saturated heterocycles. The van der Waals surface area contributed by atoms with Crippen molar-refractivity contribution in [3.8, 4) is 0 Å². The lowest BCUT2D eigenvalue weighted by atomic mass is 10.2. The van der Waals surface area contributed by atoms with Gasteiger partial charge in [0.25, 0.3) is 0 Å². The van der Waals surface area contributed by atoms with E-state index in [2.05, 4.69) is 0 Å². The van der Waals surface area contributed by atoms with E-state index in [0.29, 0.717) is 0 Å². The molecule has 0 saturated carbocycles. The van der Waals surface area contributed by atoms with E-state index in [1.54, 1.807) is 6.26 Å². The van der Waals surface area contributed by atoms with Gasteiger partial charge in [0.1, 0.15) is 5.92 Å². The van der Waals surface area contributed by atoms with Gasteiger partial charge in [0, 0.05) is 0 Å². The van der Waals surface area contributed by atoms with Gasteiger partial charge in [0.05, 0.1) is 0 Å². The van der Waals surface area contributed by atoms with E-state index in [1.807, 2.05) is 0 Å². The Morgan fingerprint density at radius 1 is 1.56 bits per heavy atom. The molecule has 3 nitrogen and oxygen atoms in total. The fraction of sp³-hybridized carbons (Fsp3) is 0.600. The number of carbonyl (C=O) groups is 2. The molecule has 0 aromatic heterocycles. The topological polar surface area (TPSA) is 54.4 Å². The highest BCUT2D eigenvalue weighted by atomic mass is 32.2. The van der Waals surface area contributed by atoms with Crippen LogP contribution in [0.3, 0.4) is 0 Å². The Hall–Kier alpha value is -0.510. The van der Waals surface area contributed by atoms with Crippen LogP contribution < -0.4 is 0 Å². The standard InChI is InChI=1S/C5H8O3S/c1-3(4(6)7)5(8)9-2/h3H,1-2H3,(H,6,7). The number of hydrogen-bond acceptors (Lipinski definition) is 3. The molecule has 1 atom stereocenters. The molecule has 0 amide bonds. The number of carbonyl (C=O) groups excluding carboxylic acids is 1. The smallest absolute Gasteiger partial charge is 0.314 e. The van der Waals surface area contributed by atoms with Crippen LogP contribution in [-0.4, -0.2) is 22.4 Å². The highest BCUT2D eigenvalue weighted by Gasteiger charge is 2.18. The maximum Gasteiger partial charge on any atom is 0.314 e. The molecule has 0 heterocycles. The molecule has 1 unspecified atom stereocenters. The highest BCUT2D eigenvalue weighted by Crippen LogP contribution is 2.06. The van der Waals surface area contributed by atoms with Crippen LogP contribution in [0.15, 0.2) is 0 Å². The first kappa shape index (κ1) is 8.49. The Morgan fingerprint density at radius 3 is 2.11 bits per heavy atom. The highest BCUT2D eigenvalue weighted by molar-refractivity contribution is 8.13. The van der Waals surface area contributed by atoms with Crippen molar-refractivity contribution in [1.29, 1.82) is 0 Å². The average molecular weight is 148 g/mol. The number of aliphatic carboxylic acids is 1. The van der Waals surface area contributed by atoms with Gasteiger partial charge in [-0.2, -0.15) is 0 Å². The normalized spacial score (nSPS) is 12.7. The second-order valence-electron chi connectivity index (χ2n) is 1.58. The maximum absolute atomic E-state index is 10.5. The molecule has 1 N–H and O–H groups in total. The van der Waals surface area contributed by atoms with Gasteiger partial charge in [-0.25, -0.2) is 0 Å². The molecular formula is C5H8O3S. The Morgan fingerprint density at radius 2 is 2.00 bits per heavy atom. The van der Waals surface area contributed by atoms with Crippen molar-refractivity contribution in [3.05, 3.63) is 0 Å². The molecule has 0 aromatic rings. The summed E-state index contributed by atoms with van der Waals surface area (Å²) in [6.45, 7) is 1.38. The Kier molecular flexibility index (Phi) is 3.30. The first-order chi connectivity index (χ1) is 4.09. The largest absolute Gasteiger partial charge is 0.481 e. The minimum atomic E-state index is -1.06. The lowest BCUT2D eigenvalue weighted by molar-refractivity contribution is -0.143. The van der Waals surface area contributed by atoms with E-state index in [0.717, 1.165) is 11.8 Å². The minimum absolute atomic E-state index is 0.303. The Labute approximate surface area is 57.4 Å². The lowest BCUT2D eigenvalue weighted by Gasteiger charge is -1.98. The van der Waals surface area contributed by atoms with Gasteiger partial charge in [0.15, 0.2) is 0 Å². The van der Waals surface area contributed by atoms with Crippen molar-refractivity contribution in [2.75, 3.05) is 6.26 Å². The maximum atomic E-state index is 10.5. The third-order valence-corrected chi connectivity index (χ3v) is 1.68. The van der Waals surface area contributed by atoms with Gasteiger partial charge < -0.3 is 5.11 Å². The molecule has 0 aliphatic carbocycles. The molecule has 4 heteroatoms. The van der Waals surface area contributed by atoms with Crippen molar-refractivity contribution in [1.82, 2.24) is 0 Å². The summed E-state index contributed by atoms with van der Waals surface area (Å²) in [7, 11) is 0. The summed E-state index contributed by atoms with van der Waals surface area (Å²) in [5.74, 6) is -1.94.